The van der Waals surface area contributed by atoms with Gasteiger partial charge in [-0.1, -0.05) is 30.3 Å². The van der Waals surface area contributed by atoms with Crippen LogP contribution in [0.5, 0.6) is 0 Å². The molecule has 0 unspecified atom stereocenters. The zero-order chi connectivity index (χ0) is 13.7. The number of hydrogen-bond acceptors (Lipinski definition) is 2. The number of thiocarbonyl (C=S) groups is 1. The minimum atomic E-state index is 0.319. The Labute approximate surface area is 118 Å². The molecule has 4 nitrogen and oxygen atoms in total. The molecule has 1 heterocycles. The van der Waals surface area contributed by atoms with Gasteiger partial charge in [-0.05, 0) is 31.6 Å². The molecule has 19 heavy (non-hydrogen) atoms. The van der Waals surface area contributed by atoms with Gasteiger partial charge >= 0.3 is 0 Å². The summed E-state index contributed by atoms with van der Waals surface area (Å²) in [6.07, 6.45) is 3.72. The van der Waals surface area contributed by atoms with E-state index in [-0.39, 0.29) is 0 Å². The van der Waals surface area contributed by atoms with Crippen molar-refractivity contribution in [1.82, 2.24) is 15.1 Å². The van der Waals surface area contributed by atoms with E-state index in [9.17, 15) is 0 Å². The topological polar surface area (TPSA) is 41.9 Å². The minimum Gasteiger partial charge on any atom is -0.360 e. The quantitative estimate of drug-likeness (QED) is 0.841. The average molecular weight is 274 g/mol. The third-order valence-electron chi connectivity index (χ3n) is 2.50. The summed E-state index contributed by atoms with van der Waals surface area (Å²) in [5.41, 5.74) is 2.12. The second kappa shape index (κ2) is 6.33. The smallest absolute Gasteiger partial charge is 0.171 e. The van der Waals surface area contributed by atoms with Crippen LogP contribution >= 0.6 is 12.2 Å². The average Bonchev–Trinajstić information content (AvgIpc) is 2.76. The molecule has 0 aliphatic rings. The summed E-state index contributed by atoms with van der Waals surface area (Å²) < 4.78 is 1.88. The standard InChI is InChI=1S/C14H18N4S/c1-11(2)16-14(19)17-13-8-15-18(10-13)9-12-6-4-3-5-7-12/h3-8,10-11H,9H2,1-2H3,(H2,16,17,19). The van der Waals surface area contributed by atoms with E-state index in [4.69, 9.17) is 12.2 Å². The van der Waals surface area contributed by atoms with Gasteiger partial charge in [-0.15, -0.1) is 0 Å². The van der Waals surface area contributed by atoms with Crippen LogP contribution in [0.25, 0.3) is 0 Å². The zero-order valence-electron chi connectivity index (χ0n) is 11.1. The van der Waals surface area contributed by atoms with Gasteiger partial charge in [0.2, 0.25) is 0 Å². The highest BCUT2D eigenvalue weighted by Crippen LogP contribution is 2.07. The largest absolute Gasteiger partial charge is 0.360 e. The lowest BCUT2D eigenvalue weighted by atomic mass is 10.2. The molecule has 100 valence electrons. The maximum absolute atomic E-state index is 5.19. The summed E-state index contributed by atoms with van der Waals surface area (Å²) >= 11 is 5.19. The van der Waals surface area contributed by atoms with Crippen molar-refractivity contribution in [2.24, 2.45) is 0 Å². The Kier molecular flexibility index (Phi) is 4.52. The van der Waals surface area contributed by atoms with Crippen molar-refractivity contribution >= 4 is 23.0 Å². The van der Waals surface area contributed by atoms with E-state index in [0.29, 0.717) is 11.2 Å². The van der Waals surface area contributed by atoms with Gasteiger partial charge in [0.25, 0.3) is 0 Å². The summed E-state index contributed by atoms with van der Waals surface area (Å²) in [5, 5.41) is 11.2. The fourth-order valence-electron chi connectivity index (χ4n) is 1.71. The number of nitrogens with one attached hydrogen (secondary N) is 2. The Balaban J connectivity index is 1.94. The van der Waals surface area contributed by atoms with E-state index >= 15 is 0 Å². The molecular weight excluding hydrogens is 256 g/mol. The number of hydrogen-bond donors (Lipinski definition) is 2. The molecule has 5 heteroatoms. The van der Waals surface area contributed by atoms with Crippen molar-refractivity contribution in [3.8, 4) is 0 Å². The summed E-state index contributed by atoms with van der Waals surface area (Å²) in [4.78, 5) is 0. The molecule has 0 atom stereocenters. The second-order valence-corrected chi connectivity index (χ2v) is 5.07. The van der Waals surface area contributed by atoms with Crippen molar-refractivity contribution in [2.75, 3.05) is 5.32 Å². The van der Waals surface area contributed by atoms with Crippen molar-refractivity contribution < 1.29 is 0 Å². The maximum Gasteiger partial charge on any atom is 0.171 e. The summed E-state index contributed by atoms with van der Waals surface area (Å²) in [5.74, 6) is 0. The second-order valence-electron chi connectivity index (χ2n) is 4.67. The van der Waals surface area contributed by atoms with Crippen LogP contribution in [0.3, 0.4) is 0 Å². The zero-order valence-corrected chi connectivity index (χ0v) is 11.9. The number of anilines is 1. The third kappa shape index (κ3) is 4.37. The van der Waals surface area contributed by atoms with Crippen molar-refractivity contribution in [3.05, 3.63) is 48.3 Å². The Morgan fingerprint density at radius 2 is 2.05 bits per heavy atom. The first-order valence-electron chi connectivity index (χ1n) is 6.27. The molecule has 2 aromatic rings. The lowest BCUT2D eigenvalue weighted by Gasteiger charge is -2.11. The van der Waals surface area contributed by atoms with Crippen molar-refractivity contribution in [1.29, 1.82) is 0 Å². The molecule has 0 spiro atoms. The molecular formula is C14H18N4S. The molecule has 1 aromatic heterocycles. The fourth-order valence-corrected chi connectivity index (χ4v) is 2.07. The lowest BCUT2D eigenvalue weighted by Crippen LogP contribution is -2.33. The Hall–Kier alpha value is -1.88. The van der Waals surface area contributed by atoms with Gasteiger partial charge < -0.3 is 10.6 Å². The SMILES string of the molecule is CC(C)NC(=S)Nc1cnn(Cc2ccccc2)c1. The van der Waals surface area contributed by atoms with Gasteiger partial charge in [-0.25, -0.2) is 0 Å². The predicted molar refractivity (Wildman–Crippen MR) is 82.3 cm³/mol. The normalized spacial score (nSPS) is 10.5. The number of rotatable bonds is 4. The maximum atomic E-state index is 5.19. The Morgan fingerprint density at radius 3 is 2.74 bits per heavy atom. The molecule has 0 fully saturated rings. The van der Waals surface area contributed by atoms with Gasteiger partial charge in [0.15, 0.2) is 5.11 Å². The number of nitrogens with zero attached hydrogens (tertiary/aromatic N) is 2. The molecule has 2 N–H and O–H groups in total. The molecule has 0 saturated heterocycles. The van der Waals surface area contributed by atoms with Gasteiger partial charge in [0, 0.05) is 12.2 Å². The highest BCUT2D eigenvalue weighted by Gasteiger charge is 2.02. The lowest BCUT2D eigenvalue weighted by molar-refractivity contribution is 0.687. The molecule has 0 amide bonds. The minimum absolute atomic E-state index is 0.319. The van der Waals surface area contributed by atoms with Crippen LogP contribution in [0.15, 0.2) is 42.7 Å². The third-order valence-corrected chi connectivity index (χ3v) is 2.72. The van der Waals surface area contributed by atoms with E-state index in [1.807, 2.05) is 42.9 Å². The van der Waals surface area contributed by atoms with E-state index in [2.05, 4.69) is 27.9 Å². The highest BCUT2D eigenvalue weighted by molar-refractivity contribution is 7.80. The van der Waals surface area contributed by atoms with E-state index in [0.717, 1.165) is 12.2 Å². The predicted octanol–water partition coefficient (Wildman–Crippen LogP) is 2.63. The van der Waals surface area contributed by atoms with Crippen LogP contribution in [0.2, 0.25) is 0 Å². The summed E-state index contributed by atoms with van der Waals surface area (Å²) in [6, 6.07) is 10.5. The summed E-state index contributed by atoms with van der Waals surface area (Å²) in [7, 11) is 0. The van der Waals surface area contributed by atoms with E-state index in [1.54, 1.807) is 6.20 Å². The van der Waals surface area contributed by atoms with E-state index in [1.165, 1.54) is 5.56 Å². The van der Waals surface area contributed by atoms with Crippen LogP contribution in [0.1, 0.15) is 19.4 Å². The van der Waals surface area contributed by atoms with Crippen LogP contribution in [0, 0.1) is 0 Å². The first kappa shape index (κ1) is 13.5. The molecule has 0 radical (unpaired) electrons. The molecule has 0 bridgehead atoms. The Morgan fingerprint density at radius 1 is 1.32 bits per heavy atom. The van der Waals surface area contributed by atoms with Crippen LogP contribution in [-0.4, -0.2) is 20.9 Å². The Bertz CT molecular complexity index is 533. The van der Waals surface area contributed by atoms with E-state index < -0.39 is 0 Å². The van der Waals surface area contributed by atoms with Crippen molar-refractivity contribution in [3.63, 3.8) is 0 Å². The fraction of sp³-hybridized carbons (Fsp3) is 0.286. The first-order chi connectivity index (χ1) is 9.13. The van der Waals surface area contributed by atoms with Crippen LogP contribution in [0.4, 0.5) is 5.69 Å². The van der Waals surface area contributed by atoms with Crippen LogP contribution < -0.4 is 10.6 Å². The van der Waals surface area contributed by atoms with Crippen molar-refractivity contribution in [2.45, 2.75) is 26.4 Å². The van der Waals surface area contributed by atoms with Crippen LogP contribution in [-0.2, 0) is 6.54 Å². The van der Waals surface area contributed by atoms with Gasteiger partial charge in [-0.2, -0.15) is 5.10 Å². The molecule has 0 aliphatic carbocycles. The van der Waals surface area contributed by atoms with Gasteiger partial charge in [0.05, 0.1) is 18.4 Å². The first-order valence-corrected chi connectivity index (χ1v) is 6.68. The molecule has 2 rings (SSSR count). The summed E-state index contributed by atoms with van der Waals surface area (Å²) in [6.45, 7) is 4.85. The number of benzene rings is 1. The molecule has 1 aromatic carbocycles. The van der Waals surface area contributed by atoms with Gasteiger partial charge in [-0.3, -0.25) is 4.68 Å². The number of aromatic nitrogens is 2. The molecule has 0 aliphatic heterocycles. The molecule has 0 saturated carbocycles. The highest BCUT2D eigenvalue weighted by atomic mass is 32.1. The monoisotopic (exact) mass is 274 g/mol. The van der Waals surface area contributed by atoms with Gasteiger partial charge in [0.1, 0.15) is 0 Å².